The topological polar surface area (TPSA) is 54.0 Å². The number of amides is 1. The van der Waals surface area contributed by atoms with E-state index in [2.05, 4.69) is 27.2 Å². The number of hydrogen-bond donors (Lipinski definition) is 1. The van der Waals surface area contributed by atoms with Gasteiger partial charge in [-0.3, -0.25) is 9.69 Å². The number of carbonyl (C=O) groups is 1. The fourth-order valence-electron chi connectivity index (χ4n) is 3.16. The van der Waals surface area contributed by atoms with Crippen molar-refractivity contribution < 1.29 is 14.3 Å². The fraction of sp³-hybridized carbons (Fsp3) is 0.611. The molecule has 2 aliphatic rings. The Hall–Kier alpha value is -1.79. The van der Waals surface area contributed by atoms with Crippen LogP contribution in [0.15, 0.2) is 18.2 Å². The highest BCUT2D eigenvalue weighted by Gasteiger charge is 2.18. The van der Waals surface area contributed by atoms with E-state index < -0.39 is 0 Å². The number of benzene rings is 1. The Morgan fingerprint density at radius 1 is 1.08 bits per heavy atom. The molecule has 0 bridgehead atoms. The third-order valence-corrected chi connectivity index (χ3v) is 4.51. The number of nitrogens with one attached hydrogen (secondary N) is 1. The molecule has 0 aliphatic carbocycles. The Morgan fingerprint density at radius 2 is 1.79 bits per heavy atom. The van der Waals surface area contributed by atoms with Crippen molar-refractivity contribution in [1.29, 1.82) is 0 Å². The van der Waals surface area contributed by atoms with Crippen LogP contribution >= 0.6 is 0 Å². The number of piperazine rings is 1. The lowest BCUT2D eigenvalue weighted by Gasteiger charge is -2.34. The summed E-state index contributed by atoms with van der Waals surface area (Å²) in [5.41, 5.74) is 1.26. The van der Waals surface area contributed by atoms with Gasteiger partial charge in [0, 0.05) is 52.2 Å². The Labute approximate surface area is 143 Å². The highest BCUT2D eigenvalue weighted by atomic mass is 16.6. The average Bonchev–Trinajstić information content (AvgIpc) is 2.61. The zero-order valence-corrected chi connectivity index (χ0v) is 14.4. The van der Waals surface area contributed by atoms with E-state index in [0.29, 0.717) is 26.2 Å². The minimum Gasteiger partial charge on any atom is -0.486 e. The predicted octanol–water partition coefficient (Wildman–Crippen LogP) is 1.10. The second-order valence-electron chi connectivity index (χ2n) is 6.30. The van der Waals surface area contributed by atoms with Gasteiger partial charge in [0.15, 0.2) is 11.5 Å². The van der Waals surface area contributed by atoms with Crippen molar-refractivity contribution in [3.05, 3.63) is 23.8 Å². The fourth-order valence-corrected chi connectivity index (χ4v) is 3.16. The van der Waals surface area contributed by atoms with Crippen LogP contribution in [-0.4, -0.2) is 68.2 Å². The summed E-state index contributed by atoms with van der Waals surface area (Å²) in [4.78, 5) is 16.4. The maximum Gasteiger partial charge on any atom is 0.221 e. The van der Waals surface area contributed by atoms with E-state index >= 15 is 0 Å². The molecule has 1 saturated heterocycles. The van der Waals surface area contributed by atoms with E-state index in [-0.39, 0.29) is 5.91 Å². The molecule has 0 aromatic heterocycles. The SMILES string of the molecule is CCNC(=O)CCN1CCN(Cc2ccc3c(c2)OCCO3)CC1. The third-order valence-electron chi connectivity index (χ3n) is 4.51. The largest absolute Gasteiger partial charge is 0.486 e. The minimum absolute atomic E-state index is 0.149. The van der Waals surface area contributed by atoms with Crippen LogP contribution in [0, 0.1) is 0 Å². The van der Waals surface area contributed by atoms with Gasteiger partial charge in [0.05, 0.1) is 0 Å². The van der Waals surface area contributed by atoms with Gasteiger partial charge >= 0.3 is 0 Å². The Kier molecular flexibility index (Phi) is 5.93. The van der Waals surface area contributed by atoms with Crippen molar-refractivity contribution in [2.24, 2.45) is 0 Å². The minimum atomic E-state index is 0.149. The molecule has 2 heterocycles. The predicted molar refractivity (Wildman–Crippen MR) is 92.4 cm³/mol. The first-order valence-electron chi connectivity index (χ1n) is 8.84. The molecular formula is C18H27N3O3. The van der Waals surface area contributed by atoms with Gasteiger partial charge in [0.1, 0.15) is 13.2 Å². The molecule has 0 saturated carbocycles. The Bertz CT molecular complexity index is 556. The van der Waals surface area contributed by atoms with E-state index in [4.69, 9.17) is 9.47 Å². The third kappa shape index (κ3) is 4.61. The second kappa shape index (κ2) is 8.35. The van der Waals surface area contributed by atoms with Crippen LogP contribution in [-0.2, 0) is 11.3 Å². The van der Waals surface area contributed by atoms with Crippen LogP contribution in [0.25, 0.3) is 0 Å². The zero-order valence-electron chi connectivity index (χ0n) is 14.4. The molecule has 1 fully saturated rings. The Morgan fingerprint density at radius 3 is 2.54 bits per heavy atom. The number of hydrogen-bond acceptors (Lipinski definition) is 5. The summed E-state index contributed by atoms with van der Waals surface area (Å²) in [6.45, 7) is 9.80. The second-order valence-corrected chi connectivity index (χ2v) is 6.30. The van der Waals surface area contributed by atoms with E-state index in [1.807, 2.05) is 13.0 Å². The molecule has 3 rings (SSSR count). The number of ether oxygens (including phenoxy) is 2. The molecule has 132 valence electrons. The number of fused-ring (bicyclic) bond motifs is 1. The zero-order chi connectivity index (χ0) is 16.8. The standard InChI is InChI=1S/C18H27N3O3/c1-2-19-18(22)5-6-20-7-9-21(10-8-20)14-15-3-4-16-17(13-15)24-12-11-23-16/h3-4,13H,2,5-12,14H2,1H3,(H,19,22). The molecule has 6 heteroatoms. The van der Waals surface area contributed by atoms with Crippen LogP contribution in [0.3, 0.4) is 0 Å². The van der Waals surface area contributed by atoms with Gasteiger partial charge in [0.2, 0.25) is 5.91 Å². The lowest BCUT2D eigenvalue weighted by molar-refractivity contribution is -0.121. The molecule has 2 aliphatic heterocycles. The molecule has 0 unspecified atom stereocenters. The summed E-state index contributed by atoms with van der Waals surface area (Å²) in [5.74, 6) is 1.86. The van der Waals surface area contributed by atoms with Crippen molar-refractivity contribution >= 4 is 5.91 Å². The van der Waals surface area contributed by atoms with E-state index in [1.54, 1.807) is 0 Å². The number of carbonyl (C=O) groups excluding carboxylic acids is 1. The van der Waals surface area contributed by atoms with Crippen LogP contribution in [0.4, 0.5) is 0 Å². The molecule has 0 spiro atoms. The van der Waals surface area contributed by atoms with Crippen molar-refractivity contribution in [1.82, 2.24) is 15.1 Å². The maximum atomic E-state index is 11.5. The van der Waals surface area contributed by atoms with Gasteiger partial charge in [-0.1, -0.05) is 6.07 Å². The first-order valence-corrected chi connectivity index (χ1v) is 8.84. The van der Waals surface area contributed by atoms with Crippen molar-refractivity contribution in [3.63, 3.8) is 0 Å². The van der Waals surface area contributed by atoms with Crippen LogP contribution < -0.4 is 14.8 Å². The van der Waals surface area contributed by atoms with E-state index in [1.165, 1.54) is 5.56 Å². The summed E-state index contributed by atoms with van der Waals surface area (Å²) in [6.07, 6.45) is 0.593. The van der Waals surface area contributed by atoms with Crippen LogP contribution in [0.1, 0.15) is 18.9 Å². The summed E-state index contributed by atoms with van der Waals surface area (Å²) in [7, 11) is 0. The first-order chi connectivity index (χ1) is 11.7. The molecular weight excluding hydrogens is 306 g/mol. The van der Waals surface area contributed by atoms with Gasteiger partial charge in [-0.2, -0.15) is 0 Å². The molecule has 0 radical (unpaired) electrons. The van der Waals surface area contributed by atoms with Gasteiger partial charge in [-0.05, 0) is 24.6 Å². The first kappa shape index (κ1) is 17.0. The highest BCUT2D eigenvalue weighted by Crippen LogP contribution is 2.31. The molecule has 0 atom stereocenters. The summed E-state index contributed by atoms with van der Waals surface area (Å²) >= 11 is 0. The highest BCUT2D eigenvalue weighted by molar-refractivity contribution is 5.75. The molecule has 1 aromatic rings. The number of rotatable bonds is 6. The molecule has 24 heavy (non-hydrogen) atoms. The van der Waals surface area contributed by atoms with Gasteiger partial charge < -0.3 is 19.7 Å². The van der Waals surface area contributed by atoms with Crippen molar-refractivity contribution in [2.45, 2.75) is 19.9 Å². The van der Waals surface area contributed by atoms with Crippen molar-refractivity contribution in [2.75, 3.05) is 52.5 Å². The van der Waals surface area contributed by atoms with Crippen molar-refractivity contribution in [3.8, 4) is 11.5 Å². The maximum absolute atomic E-state index is 11.5. The molecule has 1 aromatic carbocycles. The average molecular weight is 333 g/mol. The van der Waals surface area contributed by atoms with Gasteiger partial charge in [-0.15, -0.1) is 0 Å². The summed E-state index contributed by atoms with van der Waals surface area (Å²) < 4.78 is 11.2. The van der Waals surface area contributed by atoms with E-state index in [0.717, 1.165) is 50.8 Å². The quantitative estimate of drug-likeness (QED) is 0.845. The molecule has 1 N–H and O–H groups in total. The Balaban J connectivity index is 1.43. The van der Waals surface area contributed by atoms with Gasteiger partial charge in [-0.25, -0.2) is 0 Å². The molecule has 6 nitrogen and oxygen atoms in total. The summed E-state index contributed by atoms with van der Waals surface area (Å²) in [6, 6.07) is 6.22. The van der Waals surface area contributed by atoms with Gasteiger partial charge in [0.25, 0.3) is 0 Å². The molecule has 1 amide bonds. The monoisotopic (exact) mass is 333 g/mol. The number of nitrogens with zero attached hydrogens (tertiary/aromatic N) is 2. The normalized spacial score (nSPS) is 18.4. The lowest BCUT2D eigenvalue weighted by atomic mass is 10.1. The van der Waals surface area contributed by atoms with Crippen LogP contribution in [0.2, 0.25) is 0 Å². The van der Waals surface area contributed by atoms with E-state index in [9.17, 15) is 4.79 Å². The summed E-state index contributed by atoms with van der Waals surface area (Å²) in [5, 5.41) is 2.85. The van der Waals surface area contributed by atoms with Crippen LogP contribution in [0.5, 0.6) is 11.5 Å². The smallest absolute Gasteiger partial charge is 0.221 e. The lowest BCUT2D eigenvalue weighted by Crippen LogP contribution is -2.46.